The zero-order valence-corrected chi connectivity index (χ0v) is 22.5. The lowest BCUT2D eigenvalue weighted by molar-refractivity contribution is -0.137. The minimum atomic E-state index is -4.82. The number of amides is 3. The molecule has 8 nitrogen and oxygen atoms in total. The van der Waals surface area contributed by atoms with Crippen molar-refractivity contribution in [2.24, 2.45) is 0 Å². The molecule has 3 heterocycles. The average Bonchev–Trinajstić information content (AvgIpc) is 3.38. The lowest BCUT2D eigenvalue weighted by Crippen LogP contribution is -2.47. The SMILES string of the molecule is Cc1cc(C(F)(F)F)cc(N2C(=O)N(CC(O)CN3CCC(F)(F)C3)C[C@H]2C(=O)N(C)c2ccc(F)c(Cl)c2F)n1. The van der Waals surface area contributed by atoms with E-state index in [2.05, 4.69) is 4.98 Å². The number of hydrogen-bond acceptors (Lipinski definition) is 5. The van der Waals surface area contributed by atoms with Crippen molar-refractivity contribution >= 4 is 35.0 Å². The molecule has 41 heavy (non-hydrogen) atoms. The molecule has 0 spiro atoms. The van der Waals surface area contributed by atoms with Gasteiger partial charge in [-0.2, -0.15) is 13.2 Å². The summed E-state index contributed by atoms with van der Waals surface area (Å²) in [5.41, 5.74) is -1.72. The minimum absolute atomic E-state index is 0.00919. The Morgan fingerprint density at radius 3 is 2.54 bits per heavy atom. The molecule has 2 saturated heterocycles. The first-order valence-electron chi connectivity index (χ1n) is 12.3. The van der Waals surface area contributed by atoms with Crippen molar-refractivity contribution in [3.63, 3.8) is 0 Å². The molecule has 1 N–H and O–H groups in total. The number of halogens is 8. The van der Waals surface area contributed by atoms with Crippen LogP contribution in [0.25, 0.3) is 0 Å². The van der Waals surface area contributed by atoms with Crippen LogP contribution in [0.5, 0.6) is 0 Å². The van der Waals surface area contributed by atoms with Gasteiger partial charge in [0.25, 0.3) is 11.8 Å². The Kier molecular flexibility index (Phi) is 8.45. The van der Waals surface area contributed by atoms with E-state index in [0.29, 0.717) is 11.0 Å². The molecule has 224 valence electrons. The first-order chi connectivity index (χ1) is 19.0. The van der Waals surface area contributed by atoms with Gasteiger partial charge in [-0.3, -0.25) is 14.6 Å². The largest absolute Gasteiger partial charge is 0.416 e. The van der Waals surface area contributed by atoms with Gasteiger partial charge in [0.2, 0.25) is 0 Å². The van der Waals surface area contributed by atoms with Crippen LogP contribution in [0.15, 0.2) is 24.3 Å². The predicted molar refractivity (Wildman–Crippen MR) is 134 cm³/mol. The Morgan fingerprint density at radius 2 is 1.93 bits per heavy atom. The molecule has 0 aliphatic carbocycles. The summed E-state index contributed by atoms with van der Waals surface area (Å²) in [4.78, 5) is 34.7. The van der Waals surface area contributed by atoms with Crippen LogP contribution in [-0.2, 0) is 11.0 Å². The second-order valence-corrected chi connectivity index (χ2v) is 10.4. The van der Waals surface area contributed by atoms with Crippen LogP contribution in [0.3, 0.4) is 0 Å². The number of carbonyl (C=O) groups excluding carboxylic acids is 2. The van der Waals surface area contributed by atoms with Gasteiger partial charge >= 0.3 is 12.2 Å². The Morgan fingerprint density at radius 1 is 1.24 bits per heavy atom. The van der Waals surface area contributed by atoms with Crippen LogP contribution in [0.1, 0.15) is 17.7 Å². The number of likely N-dealkylation sites (tertiary alicyclic amines) is 1. The number of aryl methyl sites for hydroxylation is 1. The van der Waals surface area contributed by atoms with Crippen LogP contribution in [0.2, 0.25) is 5.02 Å². The highest BCUT2D eigenvalue weighted by Gasteiger charge is 2.46. The third kappa shape index (κ3) is 6.51. The number of hydrogen-bond donors (Lipinski definition) is 1. The Bertz CT molecular complexity index is 1350. The van der Waals surface area contributed by atoms with Gasteiger partial charge in [-0.1, -0.05) is 11.6 Å². The predicted octanol–water partition coefficient (Wildman–Crippen LogP) is 4.32. The summed E-state index contributed by atoms with van der Waals surface area (Å²) in [5, 5.41) is 9.66. The van der Waals surface area contributed by atoms with Crippen molar-refractivity contribution in [1.29, 1.82) is 0 Å². The first kappa shape index (κ1) is 30.8. The second-order valence-electron chi connectivity index (χ2n) is 10.0. The number of nitrogens with zero attached hydrogens (tertiary/aromatic N) is 5. The number of alkyl halides is 5. The molecule has 3 amide bonds. The van der Waals surface area contributed by atoms with Crippen molar-refractivity contribution < 1.29 is 45.4 Å². The highest BCUT2D eigenvalue weighted by molar-refractivity contribution is 6.31. The van der Waals surface area contributed by atoms with Crippen LogP contribution in [-0.4, -0.2) is 89.7 Å². The summed E-state index contributed by atoms with van der Waals surface area (Å²) in [5.74, 6) is -6.80. The fourth-order valence-electron chi connectivity index (χ4n) is 4.88. The minimum Gasteiger partial charge on any atom is -0.390 e. The highest BCUT2D eigenvalue weighted by Crippen LogP contribution is 2.35. The van der Waals surface area contributed by atoms with Gasteiger partial charge in [0.15, 0.2) is 5.82 Å². The van der Waals surface area contributed by atoms with E-state index < -0.39 is 96.0 Å². The maximum absolute atomic E-state index is 14.7. The molecule has 1 aromatic carbocycles. The van der Waals surface area contributed by atoms with Gasteiger partial charge in [0.1, 0.15) is 22.7 Å². The number of benzene rings is 1. The van der Waals surface area contributed by atoms with Crippen LogP contribution >= 0.6 is 11.6 Å². The lowest BCUT2D eigenvalue weighted by Gasteiger charge is -2.27. The Hall–Kier alpha value is -3.17. The van der Waals surface area contributed by atoms with Crippen molar-refractivity contribution in [3.05, 3.63) is 52.2 Å². The maximum atomic E-state index is 14.7. The monoisotopic (exact) mass is 611 g/mol. The number of pyridine rings is 1. The first-order valence-corrected chi connectivity index (χ1v) is 12.7. The van der Waals surface area contributed by atoms with Gasteiger partial charge in [0.05, 0.1) is 30.4 Å². The van der Waals surface area contributed by atoms with E-state index in [1.165, 1.54) is 11.8 Å². The number of rotatable bonds is 7. The van der Waals surface area contributed by atoms with Crippen LogP contribution in [0, 0.1) is 18.6 Å². The summed E-state index contributed by atoms with van der Waals surface area (Å²) in [7, 11) is 1.10. The lowest BCUT2D eigenvalue weighted by atomic mass is 10.1. The van der Waals surface area contributed by atoms with Crippen LogP contribution in [0.4, 0.5) is 47.0 Å². The molecule has 1 aromatic heterocycles. The molecule has 16 heteroatoms. The van der Waals surface area contributed by atoms with Crippen molar-refractivity contribution in [3.8, 4) is 0 Å². The van der Waals surface area contributed by atoms with E-state index in [1.54, 1.807) is 0 Å². The normalized spacial score (nSPS) is 20.2. The van der Waals surface area contributed by atoms with Gasteiger partial charge in [-0.25, -0.2) is 27.3 Å². The van der Waals surface area contributed by atoms with Gasteiger partial charge < -0.3 is 14.9 Å². The summed E-state index contributed by atoms with van der Waals surface area (Å²) >= 11 is 5.63. The van der Waals surface area contributed by atoms with Crippen molar-refractivity contribution in [1.82, 2.24) is 14.8 Å². The molecule has 2 atom stereocenters. The summed E-state index contributed by atoms with van der Waals surface area (Å²) in [6.45, 7) is -0.462. The molecule has 0 bridgehead atoms. The number of β-amino-alcohol motifs (C(OH)–C–C–N with tert-alkyl or cyclic N) is 1. The zero-order chi connectivity index (χ0) is 30.4. The van der Waals surface area contributed by atoms with Gasteiger partial charge in [0, 0.05) is 38.8 Å². The van der Waals surface area contributed by atoms with E-state index >= 15 is 0 Å². The zero-order valence-electron chi connectivity index (χ0n) is 21.7. The summed E-state index contributed by atoms with van der Waals surface area (Å²) in [6.07, 6.45) is -6.56. The smallest absolute Gasteiger partial charge is 0.390 e. The molecular formula is C25H25ClF7N5O3. The van der Waals surface area contributed by atoms with E-state index in [-0.39, 0.29) is 18.8 Å². The topological polar surface area (TPSA) is 80.2 Å². The van der Waals surface area contributed by atoms with Gasteiger partial charge in [-0.05, 0) is 31.2 Å². The van der Waals surface area contributed by atoms with E-state index in [0.717, 1.165) is 35.0 Å². The van der Waals surface area contributed by atoms with Crippen LogP contribution < -0.4 is 9.80 Å². The number of aliphatic hydroxyl groups is 1. The number of carbonyl (C=O) groups is 2. The number of aromatic nitrogens is 1. The number of urea groups is 1. The molecular weight excluding hydrogens is 587 g/mol. The average molecular weight is 612 g/mol. The fraction of sp³-hybridized carbons (Fsp3) is 0.480. The fourth-order valence-corrected chi connectivity index (χ4v) is 5.04. The number of likely N-dealkylation sites (N-methyl/N-ethyl adjacent to an activating group) is 1. The number of aliphatic hydroxyl groups excluding tert-OH is 1. The summed E-state index contributed by atoms with van der Waals surface area (Å²) < 4.78 is 96.2. The molecule has 2 aliphatic rings. The standard InChI is InChI=1S/C25H25ClF7N5O3/c1-13-7-14(25(31,32)33)8-19(34-13)38-18(22(40)35(2)17-4-3-16(27)20(26)21(17)28)11-37(23(38)41)10-15(39)9-36-6-5-24(29,30)12-36/h3-4,7-8,15,18,39H,5-6,9-12H2,1-2H3/t15?,18-/m0/s1. The molecule has 2 aliphatic heterocycles. The number of anilines is 2. The third-order valence-corrected chi connectivity index (χ3v) is 7.18. The Balaban J connectivity index is 1.66. The van der Waals surface area contributed by atoms with E-state index in [1.807, 2.05) is 0 Å². The molecule has 2 fully saturated rings. The van der Waals surface area contributed by atoms with Crippen molar-refractivity contribution in [2.75, 3.05) is 49.6 Å². The molecule has 0 radical (unpaired) electrons. The molecule has 4 rings (SSSR count). The second kappa shape index (κ2) is 11.2. The van der Waals surface area contributed by atoms with E-state index in [9.17, 15) is 45.4 Å². The molecule has 0 saturated carbocycles. The molecule has 1 unspecified atom stereocenters. The molecule has 2 aromatic rings. The highest BCUT2D eigenvalue weighted by atomic mass is 35.5. The van der Waals surface area contributed by atoms with Gasteiger partial charge in [-0.15, -0.1) is 0 Å². The third-order valence-electron chi connectivity index (χ3n) is 6.84. The quantitative estimate of drug-likeness (QED) is 0.373. The van der Waals surface area contributed by atoms with E-state index in [4.69, 9.17) is 11.6 Å². The maximum Gasteiger partial charge on any atom is 0.416 e. The van der Waals surface area contributed by atoms with Crippen molar-refractivity contribution in [2.45, 2.75) is 37.6 Å². The summed E-state index contributed by atoms with van der Waals surface area (Å²) in [6, 6.07) is 0.504. The Labute approximate surface area is 234 Å².